The lowest BCUT2D eigenvalue weighted by Crippen LogP contribution is -2.44. The number of cyclic esters (lactones) is 1. The van der Waals surface area contributed by atoms with Crippen LogP contribution in [-0.2, 0) is 9.53 Å². The van der Waals surface area contributed by atoms with Crippen LogP contribution in [0, 0.1) is 5.92 Å². The predicted octanol–water partition coefficient (Wildman–Crippen LogP) is 2.95. The highest BCUT2D eigenvalue weighted by Crippen LogP contribution is 2.25. The van der Waals surface area contributed by atoms with Crippen molar-refractivity contribution < 1.29 is 9.53 Å². The predicted molar refractivity (Wildman–Crippen MR) is 109 cm³/mol. The maximum Gasteiger partial charge on any atom is 0.320 e. The molecular formula is C20H24ClN5O2. The standard InChI is InChI=1S/C20H24ClN5O2/c21-16-2-1-3-17(10-16)24-18-11-19(23-14-22-18)26-6-4-15(5-7-26)12-25-8-9-28-20(27)13-25/h1-3,10-11,14-15H,4-9,12-13H2,(H,22,23,24). The van der Waals surface area contributed by atoms with Crippen molar-refractivity contribution in [2.75, 3.05) is 49.5 Å². The zero-order valence-corrected chi connectivity index (χ0v) is 16.4. The van der Waals surface area contributed by atoms with Crippen LogP contribution >= 0.6 is 11.6 Å². The minimum absolute atomic E-state index is 0.107. The SMILES string of the molecule is O=C1CN(CC2CCN(c3cc(Nc4cccc(Cl)c4)ncn3)CC2)CCO1. The number of hydrogen-bond acceptors (Lipinski definition) is 7. The second-order valence-corrected chi connectivity index (χ2v) is 7.72. The van der Waals surface area contributed by atoms with Crippen LogP contribution in [0.1, 0.15) is 12.8 Å². The van der Waals surface area contributed by atoms with Crippen molar-refractivity contribution in [3.63, 3.8) is 0 Å². The van der Waals surface area contributed by atoms with Gasteiger partial charge in [0.1, 0.15) is 24.6 Å². The minimum atomic E-state index is -0.107. The van der Waals surface area contributed by atoms with Gasteiger partial charge in [-0.15, -0.1) is 0 Å². The lowest BCUT2D eigenvalue weighted by Gasteiger charge is -2.36. The second-order valence-electron chi connectivity index (χ2n) is 7.28. The summed E-state index contributed by atoms with van der Waals surface area (Å²) in [5.74, 6) is 2.18. The minimum Gasteiger partial charge on any atom is -0.463 e. The number of carbonyl (C=O) groups is 1. The first kappa shape index (κ1) is 19.0. The van der Waals surface area contributed by atoms with Crippen LogP contribution in [0.2, 0.25) is 5.02 Å². The number of aromatic nitrogens is 2. The molecule has 0 unspecified atom stereocenters. The number of nitrogens with zero attached hydrogens (tertiary/aromatic N) is 4. The summed E-state index contributed by atoms with van der Waals surface area (Å²) in [5, 5.41) is 3.96. The largest absolute Gasteiger partial charge is 0.463 e. The molecule has 3 heterocycles. The van der Waals surface area contributed by atoms with E-state index in [-0.39, 0.29) is 5.97 Å². The molecule has 0 atom stereocenters. The smallest absolute Gasteiger partial charge is 0.320 e. The fourth-order valence-electron chi connectivity index (χ4n) is 3.76. The average Bonchev–Trinajstić information content (AvgIpc) is 2.69. The van der Waals surface area contributed by atoms with E-state index in [1.54, 1.807) is 6.33 Å². The highest BCUT2D eigenvalue weighted by Gasteiger charge is 2.25. The van der Waals surface area contributed by atoms with Gasteiger partial charge in [0.15, 0.2) is 0 Å². The number of halogens is 1. The van der Waals surface area contributed by atoms with Gasteiger partial charge in [0, 0.05) is 43.0 Å². The maximum atomic E-state index is 11.4. The van der Waals surface area contributed by atoms with E-state index < -0.39 is 0 Å². The number of nitrogens with one attached hydrogen (secondary N) is 1. The Bertz CT molecular complexity index is 826. The molecule has 28 heavy (non-hydrogen) atoms. The summed E-state index contributed by atoms with van der Waals surface area (Å²) in [6.45, 7) is 4.66. The van der Waals surface area contributed by atoms with Crippen LogP contribution in [0.25, 0.3) is 0 Å². The van der Waals surface area contributed by atoms with E-state index >= 15 is 0 Å². The maximum absolute atomic E-state index is 11.4. The molecule has 0 spiro atoms. The van der Waals surface area contributed by atoms with Crippen molar-refractivity contribution >= 4 is 34.9 Å². The van der Waals surface area contributed by atoms with Crippen LogP contribution < -0.4 is 10.2 Å². The molecule has 2 aliphatic rings. The molecule has 1 aromatic heterocycles. The van der Waals surface area contributed by atoms with Gasteiger partial charge in [0.25, 0.3) is 0 Å². The zero-order chi connectivity index (χ0) is 19.3. The molecular weight excluding hydrogens is 378 g/mol. The van der Waals surface area contributed by atoms with E-state index in [0.29, 0.717) is 24.1 Å². The molecule has 2 aliphatic heterocycles. The monoisotopic (exact) mass is 401 g/mol. The summed E-state index contributed by atoms with van der Waals surface area (Å²) in [6, 6.07) is 9.54. The van der Waals surface area contributed by atoms with Crippen molar-refractivity contribution in [1.82, 2.24) is 14.9 Å². The van der Waals surface area contributed by atoms with E-state index in [9.17, 15) is 4.79 Å². The molecule has 7 nitrogen and oxygen atoms in total. The Morgan fingerprint density at radius 1 is 1.18 bits per heavy atom. The van der Waals surface area contributed by atoms with E-state index in [2.05, 4.69) is 25.1 Å². The number of hydrogen-bond donors (Lipinski definition) is 1. The lowest BCUT2D eigenvalue weighted by atomic mass is 9.96. The van der Waals surface area contributed by atoms with Crippen molar-refractivity contribution in [3.8, 4) is 0 Å². The number of ether oxygens (including phenoxy) is 1. The third-order valence-electron chi connectivity index (χ3n) is 5.23. The van der Waals surface area contributed by atoms with Crippen LogP contribution in [-0.4, -0.2) is 60.2 Å². The van der Waals surface area contributed by atoms with Gasteiger partial charge in [-0.25, -0.2) is 9.97 Å². The fraction of sp³-hybridized carbons (Fsp3) is 0.450. The molecule has 0 radical (unpaired) electrons. The fourth-order valence-corrected chi connectivity index (χ4v) is 3.95. The molecule has 8 heteroatoms. The van der Waals surface area contributed by atoms with Gasteiger partial charge in [-0.1, -0.05) is 17.7 Å². The van der Waals surface area contributed by atoms with Crippen molar-refractivity contribution in [1.29, 1.82) is 0 Å². The summed E-state index contributed by atoms with van der Waals surface area (Å²) < 4.78 is 5.02. The number of rotatable bonds is 5. The van der Waals surface area contributed by atoms with E-state index in [0.717, 1.165) is 56.3 Å². The van der Waals surface area contributed by atoms with Crippen molar-refractivity contribution in [2.45, 2.75) is 12.8 Å². The average molecular weight is 402 g/mol. The Labute approximate surface area is 169 Å². The lowest BCUT2D eigenvalue weighted by molar-refractivity contribution is -0.150. The summed E-state index contributed by atoms with van der Waals surface area (Å²) in [5.41, 5.74) is 0.899. The Kier molecular flexibility index (Phi) is 5.92. The molecule has 0 bridgehead atoms. The summed E-state index contributed by atoms with van der Waals surface area (Å²) in [7, 11) is 0. The van der Waals surface area contributed by atoms with Gasteiger partial charge in [0.2, 0.25) is 0 Å². The van der Waals surface area contributed by atoms with Crippen LogP contribution in [0.3, 0.4) is 0 Å². The number of morpholine rings is 1. The second kappa shape index (κ2) is 8.75. The number of benzene rings is 1. The van der Waals surface area contributed by atoms with Gasteiger partial charge in [-0.2, -0.15) is 0 Å². The number of esters is 1. The number of anilines is 3. The molecule has 4 rings (SSSR count). The van der Waals surface area contributed by atoms with Crippen molar-refractivity contribution in [2.24, 2.45) is 5.92 Å². The van der Waals surface area contributed by atoms with E-state index in [4.69, 9.17) is 16.3 Å². The normalized spacial score (nSPS) is 18.8. The Hall–Kier alpha value is -2.38. The Morgan fingerprint density at radius 3 is 2.82 bits per heavy atom. The van der Waals surface area contributed by atoms with E-state index in [1.807, 2.05) is 30.3 Å². The third-order valence-corrected chi connectivity index (χ3v) is 5.46. The first-order chi connectivity index (χ1) is 13.7. The Balaban J connectivity index is 1.32. The molecule has 2 aromatic rings. The summed E-state index contributed by atoms with van der Waals surface area (Å²) in [6.07, 6.45) is 3.77. The quantitative estimate of drug-likeness (QED) is 0.772. The summed E-state index contributed by atoms with van der Waals surface area (Å²) >= 11 is 6.05. The molecule has 0 amide bonds. The van der Waals surface area contributed by atoms with E-state index in [1.165, 1.54) is 0 Å². The van der Waals surface area contributed by atoms with Gasteiger partial charge in [-0.3, -0.25) is 9.69 Å². The summed E-state index contributed by atoms with van der Waals surface area (Å²) in [4.78, 5) is 24.7. The van der Waals surface area contributed by atoms with Crippen LogP contribution in [0.5, 0.6) is 0 Å². The molecule has 148 valence electrons. The topological polar surface area (TPSA) is 70.6 Å². The van der Waals surface area contributed by atoms with Gasteiger partial charge in [-0.05, 0) is 37.0 Å². The third kappa shape index (κ3) is 4.91. The molecule has 0 aliphatic carbocycles. The zero-order valence-electron chi connectivity index (χ0n) is 15.7. The molecule has 2 saturated heterocycles. The Morgan fingerprint density at radius 2 is 2.04 bits per heavy atom. The molecule has 1 aromatic carbocycles. The first-order valence-corrected chi connectivity index (χ1v) is 10.0. The van der Waals surface area contributed by atoms with Gasteiger partial charge < -0.3 is 15.0 Å². The van der Waals surface area contributed by atoms with Crippen molar-refractivity contribution in [3.05, 3.63) is 41.7 Å². The van der Waals surface area contributed by atoms with Gasteiger partial charge in [0.05, 0.1) is 6.54 Å². The van der Waals surface area contributed by atoms with Crippen LogP contribution in [0.4, 0.5) is 17.3 Å². The highest BCUT2D eigenvalue weighted by molar-refractivity contribution is 6.30. The number of carbonyl (C=O) groups excluding carboxylic acids is 1. The highest BCUT2D eigenvalue weighted by atomic mass is 35.5. The van der Waals surface area contributed by atoms with Crippen LogP contribution in [0.15, 0.2) is 36.7 Å². The van der Waals surface area contributed by atoms with Gasteiger partial charge >= 0.3 is 5.97 Å². The first-order valence-electron chi connectivity index (χ1n) is 9.63. The molecule has 2 fully saturated rings. The molecule has 0 saturated carbocycles. The molecule has 1 N–H and O–H groups in total. The number of piperidine rings is 1.